The highest BCUT2D eigenvalue weighted by Gasteiger charge is 2.43. The van der Waals surface area contributed by atoms with E-state index in [0.717, 1.165) is 23.2 Å². The molecule has 0 bridgehead atoms. The van der Waals surface area contributed by atoms with Crippen molar-refractivity contribution in [1.29, 1.82) is 0 Å². The Kier molecular flexibility index (Phi) is 5.29. The van der Waals surface area contributed by atoms with Gasteiger partial charge in [0.2, 0.25) is 0 Å². The first-order chi connectivity index (χ1) is 14.7. The summed E-state index contributed by atoms with van der Waals surface area (Å²) in [5.74, 6) is -1.16. The predicted octanol–water partition coefficient (Wildman–Crippen LogP) is 5.38. The van der Waals surface area contributed by atoms with Crippen molar-refractivity contribution in [3.63, 3.8) is 0 Å². The van der Waals surface area contributed by atoms with E-state index in [1.165, 1.54) is 12.1 Å². The van der Waals surface area contributed by atoms with Gasteiger partial charge in [0, 0.05) is 40.6 Å². The molecule has 2 aliphatic rings. The summed E-state index contributed by atoms with van der Waals surface area (Å²) in [6, 6.07) is 13.7. The van der Waals surface area contributed by atoms with Crippen molar-refractivity contribution in [3.05, 3.63) is 88.0 Å². The molecular weight excluding hydrogens is 391 g/mol. The standard InChI is InChI=1S/C26H27FN2O2/c1-15-8-5-6-11-19(15)23-22(25(31)29-18-10-7-9-17(27)12-18)16(2)28-20-13-26(3,4)14-21(30)24(20)23/h5-12,23,28H,13-14H2,1-4H3,(H,29,31). The summed E-state index contributed by atoms with van der Waals surface area (Å²) in [5.41, 5.74) is 4.97. The monoisotopic (exact) mass is 418 g/mol. The van der Waals surface area contributed by atoms with Crippen LogP contribution in [0.1, 0.15) is 50.7 Å². The van der Waals surface area contributed by atoms with Gasteiger partial charge in [-0.15, -0.1) is 0 Å². The maximum Gasteiger partial charge on any atom is 0.254 e. The number of rotatable bonds is 3. The number of benzene rings is 2. The first kappa shape index (κ1) is 21.0. The third-order valence-electron chi connectivity index (χ3n) is 6.07. The number of hydrogen-bond acceptors (Lipinski definition) is 3. The molecule has 4 nitrogen and oxygen atoms in total. The minimum atomic E-state index is -0.463. The number of halogens is 1. The number of aryl methyl sites for hydroxylation is 1. The molecule has 4 rings (SSSR count). The minimum Gasteiger partial charge on any atom is -0.362 e. The molecule has 1 atom stereocenters. The molecule has 1 amide bonds. The van der Waals surface area contributed by atoms with Crippen molar-refractivity contribution < 1.29 is 14.0 Å². The van der Waals surface area contributed by atoms with E-state index in [1.807, 2.05) is 38.1 Å². The fourth-order valence-corrected chi connectivity index (χ4v) is 4.72. The second-order valence-electron chi connectivity index (χ2n) is 9.25. The molecule has 0 spiro atoms. The quantitative estimate of drug-likeness (QED) is 0.704. The number of carbonyl (C=O) groups excluding carboxylic acids is 2. The van der Waals surface area contributed by atoms with Crippen molar-refractivity contribution in [3.8, 4) is 0 Å². The van der Waals surface area contributed by atoms with E-state index in [0.29, 0.717) is 29.0 Å². The number of nitrogens with one attached hydrogen (secondary N) is 2. The number of Topliss-reactive ketones (excluding diaryl/α,β-unsaturated/α-hetero) is 1. The van der Waals surface area contributed by atoms with E-state index in [4.69, 9.17) is 0 Å². The second kappa shape index (κ2) is 7.80. The largest absolute Gasteiger partial charge is 0.362 e. The van der Waals surface area contributed by atoms with Crippen molar-refractivity contribution in [2.45, 2.75) is 46.5 Å². The maximum atomic E-state index is 13.6. The van der Waals surface area contributed by atoms with Gasteiger partial charge in [-0.1, -0.05) is 44.2 Å². The zero-order chi connectivity index (χ0) is 22.3. The van der Waals surface area contributed by atoms with Crippen LogP contribution in [0.3, 0.4) is 0 Å². The Hall–Kier alpha value is -3.21. The third-order valence-corrected chi connectivity index (χ3v) is 6.07. The van der Waals surface area contributed by atoms with Crippen LogP contribution in [-0.2, 0) is 9.59 Å². The maximum absolute atomic E-state index is 13.6. The van der Waals surface area contributed by atoms with E-state index in [1.54, 1.807) is 12.1 Å². The summed E-state index contributed by atoms with van der Waals surface area (Å²) in [4.78, 5) is 26.7. The molecule has 0 radical (unpaired) electrons. The second-order valence-corrected chi connectivity index (χ2v) is 9.25. The summed E-state index contributed by atoms with van der Waals surface area (Å²) in [7, 11) is 0. The average molecular weight is 419 g/mol. The van der Waals surface area contributed by atoms with Crippen LogP contribution in [0.2, 0.25) is 0 Å². The van der Waals surface area contributed by atoms with E-state index >= 15 is 0 Å². The van der Waals surface area contributed by atoms with Gasteiger partial charge in [0.1, 0.15) is 5.82 Å². The summed E-state index contributed by atoms with van der Waals surface area (Å²) in [6.45, 7) is 8.03. The first-order valence-corrected chi connectivity index (χ1v) is 10.5. The van der Waals surface area contributed by atoms with Gasteiger partial charge in [0.15, 0.2) is 5.78 Å². The Morgan fingerprint density at radius 2 is 1.84 bits per heavy atom. The molecule has 0 saturated carbocycles. The Bertz CT molecular complexity index is 1140. The molecule has 160 valence electrons. The molecule has 5 heteroatoms. The van der Waals surface area contributed by atoms with Gasteiger partial charge in [-0.2, -0.15) is 0 Å². The fourth-order valence-electron chi connectivity index (χ4n) is 4.72. The summed E-state index contributed by atoms with van der Waals surface area (Å²) in [6.07, 6.45) is 1.18. The fraction of sp³-hybridized carbons (Fsp3) is 0.308. The normalized spacial score (nSPS) is 20.3. The van der Waals surface area contributed by atoms with Gasteiger partial charge >= 0.3 is 0 Å². The molecule has 0 saturated heterocycles. The lowest BCUT2D eigenvalue weighted by atomic mass is 9.68. The Morgan fingerprint density at radius 1 is 1.10 bits per heavy atom. The number of hydrogen-bond donors (Lipinski definition) is 2. The van der Waals surface area contributed by atoms with Crippen LogP contribution >= 0.6 is 0 Å². The van der Waals surface area contributed by atoms with Crippen LogP contribution in [0.25, 0.3) is 0 Å². The van der Waals surface area contributed by atoms with Gasteiger partial charge in [0.25, 0.3) is 5.91 Å². The summed E-state index contributed by atoms with van der Waals surface area (Å²) >= 11 is 0. The van der Waals surface area contributed by atoms with Crippen molar-refractivity contribution in [2.75, 3.05) is 5.32 Å². The number of dihydropyridines is 1. The van der Waals surface area contributed by atoms with Crippen LogP contribution < -0.4 is 10.6 Å². The van der Waals surface area contributed by atoms with Crippen LogP contribution in [0.4, 0.5) is 10.1 Å². The highest BCUT2D eigenvalue weighted by atomic mass is 19.1. The number of carbonyl (C=O) groups is 2. The molecule has 0 aromatic heterocycles. The Balaban J connectivity index is 1.83. The van der Waals surface area contributed by atoms with E-state index in [2.05, 4.69) is 24.5 Å². The summed E-state index contributed by atoms with van der Waals surface area (Å²) < 4.78 is 13.6. The molecule has 1 aliphatic heterocycles. The Morgan fingerprint density at radius 3 is 2.55 bits per heavy atom. The topological polar surface area (TPSA) is 58.2 Å². The van der Waals surface area contributed by atoms with E-state index in [9.17, 15) is 14.0 Å². The predicted molar refractivity (Wildman–Crippen MR) is 120 cm³/mol. The van der Waals surface area contributed by atoms with E-state index in [-0.39, 0.29) is 17.1 Å². The molecule has 0 fully saturated rings. The van der Waals surface area contributed by atoms with Gasteiger partial charge in [-0.25, -0.2) is 4.39 Å². The van der Waals surface area contributed by atoms with Crippen LogP contribution in [0, 0.1) is 18.2 Å². The van der Waals surface area contributed by atoms with Crippen molar-refractivity contribution in [2.24, 2.45) is 5.41 Å². The first-order valence-electron chi connectivity index (χ1n) is 10.5. The van der Waals surface area contributed by atoms with E-state index < -0.39 is 11.7 Å². The Labute approximate surface area is 182 Å². The minimum absolute atomic E-state index is 0.0653. The zero-order valence-corrected chi connectivity index (χ0v) is 18.3. The lowest BCUT2D eigenvalue weighted by Gasteiger charge is -2.40. The SMILES string of the molecule is CC1=C(C(=O)Nc2cccc(F)c2)C(c2ccccc2C)C2=C(CC(C)(C)CC2=O)N1. The molecule has 31 heavy (non-hydrogen) atoms. The highest BCUT2D eigenvalue weighted by Crippen LogP contribution is 2.47. The van der Waals surface area contributed by atoms with Crippen molar-refractivity contribution >= 4 is 17.4 Å². The lowest BCUT2D eigenvalue weighted by molar-refractivity contribution is -0.118. The molecular formula is C26H27FN2O2. The van der Waals surface area contributed by atoms with Crippen LogP contribution in [-0.4, -0.2) is 11.7 Å². The smallest absolute Gasteiger partial charge is 0.254 e. The third kappa shape index (κ3) is 4.05. The number of amides is 1. The summed E-state index contributed by atoms with van der Waals surface area (Å²) in [5, 5.41) is 6.17. The molecule has 2 N–H and O–H groups in total. The molecule has 1 aliphatic carbocycles. The van der Waals surface area contributed by atoms with Crippen LogP contribution in [0.5, 0.6) is 0 Å². The lowest BCUT2D eigenvalue weighted by Crippen LogP contribution is -2.39. The van der Waals surface area contributed by atoms with Crippen molar-refractivity contribution in [1.82, 2.24) is 5.32 Å². The van der Waals surface area contributed by atoms with Crippen LogP contribution in [0.15, 0.2) is 71.1 Å². The van der Waals surface area contributed by atoms with Gasteiger partial charge in [0.05, 0.1) is 0 Å². The molecule has 1 unspecified atom stereocenters. The van der Waals surface area contributed by atoms with Gasteiger partial charge < -0.3 is 10.6 Å². The highest BCUT2D eigenvalue weighted by molar-refractivity contribution is 6.10. The number of allylic oxidation sites excluding steroid dienone is 3. The molecule has 2 aromatic carbocycles. The molecule has 1 heterocycles. The number of ketones is 1. The van der Waals surface area contributed by atoms with Gasteiger partial charge in [-0.3, -0.25) is 9.59 Å². The molecule has 2 aromatic rings. The van der Waals surface area contributed by atoms with Gasteiger partial charge in [-0.05, 0) is 55.0 Å². The number of anilines is 1. The zero-order valence-electron chi connectivity index (χ0n) is 18.3. The average Bonchev–Trinajstić information content (AvgIpc) is 2.66.